The van der Waals surface area contributed by atoms with Gasteiger partial charge in [-0.15, -0.1) is 0 Å². The molecule has 1 aliphatic heterocycles. The van der Waals surface area contributed by atoms with E-state index < -0.39 is 39.4 Å². The van der Waals surface area contributed by atoms with Crippen molar-refractivity contribution in [3.63, 3.8) is 0 Å². The third-order valence-electron chi connectivity index (χ3n) is 4.90. The highest BCUT2D eigenvalue weighted by molar-refractivity contribution is 7.90. The number of carbonyl (C=O) groups excluding carboxylic acids is 2. The number of nitrogens with one attached hydrogen (secondary N) is 1. The van der Waals surface area contributed by atoms with Crippen LogP contribution in [-0.2, 0) is 14.8 Å². The number of amides is 2. The Morgan fingerprint density at radius 2 is 1.85 bits per heavy atom. The fourth-order valence-corrected chi connectivity index (χ4v) is 5.35. The summed E-state index contributed by atoms with van der Waals surface area (Å²) in [7, 11) is -4.02. The summed E-state index contributed by atoms with van der Waals surface area (Å²) in [4.78, 5) is 36.2. The van der Waals surface area contributed by atoms with Gasteiger partial charge < -0.3 is 10.4 Å². The topological polar surface area (TPSA) is 121 Å². The lowest BCUT2D eigenvalue weighted by molar-refractivity contribution is -0.144. The lowest BCUT2D eigenvalue weighted by atomic mass is 9.97. The fourth-order valence-electron chi connectivity index (χ4n) is 3.56. The third kappa shape index (κ3) is 2.66. The second-order valence-corrected chi connectivity index (χ2v) is 8.74. The van der Waals surface area contributed by atoms with Crippen molar-refractivity contribution < 1.29 is 27.9 Å². The van der Waals surface area contributed by atoms with Crippen LogP contribution >= 0.6 is 0 Å². The minimum absolute atomic E-state index is 0.0123. The van der Waals surface area contributed by atoms with Gasteiger partial charge in [-0.05, 0) is 44.9 Å². The molecule has 3 rings (SSSR count). The van der Waals surface area contributed by atoms with E-state index in [-0.39, 0.29) is 16.0 Å². The van der Waals surface area contributed by atoms with E-state index in [1.165, 1.54) is 12.1 Å². The van der Waals surface area contributed by atoms with Crippen molar-refractivity contribution >= 4 is 27.8 Å². The summed E-state index contributed by atoms with van der Waals surface area (Å²) < 4.78 is 26.0. The van der Waals surface area contributed by atoms with Gasteiger partial charge in [-0.3, -0.25) is 9.59 Å². The molecular weight excluding hydrogens is 360 g/mol. The molecule has 0 spiro atoms. The molecule has 140 valence electrons. The van der Waals surface area contributed by atoms with E-state index in [1.54, 1.807) is 13.8 Å². The summed E-state index contributed by atoms with van der Waals surface area (Å²) >= 11 is 0. The van der Waals surface area contributed by atoms with Gasteiger partial charge in [0.1, 0.15) is 10.4 Å². The summed E-state index contributed by atoms with van der Waals surface area (Å²) in [5.41, 5.74) is -1.29. The predicted molar refractivity (Wildman–Crippen MR) is 91.2 cm³/mol. The van der Waals surface area contributed by atoms with Gasteiger partial charge in [-0.1, -0.05) is 12.8 Å². The zero-order chi connectivity index (χ0) is 19.3. The first-order chi connectivity index (χ1) is 12.1. The molecular formula is C17H20N2O6S. The molecule has 2 amide bonds. The number of rotatable bonds is 4. The average molecular weight is 380 g/mol. The van der Waals surface area contributed by atoms with Gasteiger partial charge in [0.05, 0.1) is 5.56 Å². The van der Waals surface area contributed by atoms with Gasteiger partial charge in [-0.2, -0.15) is 0 Å². The normalized spacial score (nSPS) is 20.3. The molecule has 8 nitrogen and oxygen atoms in total. The van der Waals surface area contributed by atoms with Gasteiger partial charge in [0.2, 0.25) is 0 Å². The van der Waals surface area contributed by atoms with E-state index in [9.17, 15) is 27.9 Å². The first-order valence-corrected chi connectivity index (χ1v) is 9.83. The Hall–Kier alpha value is -2.42. The number of carboxylic acid groups (broad SMARTS) is 1. The molecule has 2 aliphatic rings. The Bertz CT molecular complexity index is 900. The Balaban J connectivity index is 1.96. The van der Waals surface area contributed by atoms with Crippen LogP contribution in [0.2, 0.25) is 0 Å². The maximum absolute atomic E-state index is 12.6. The lowest BCUT2D eigenvalue weighted by Gasteiger charge is -2.25. The van der Waals surface area contributed by atoms with Crippen LogP contribution in [0, 0.1) is 0 Å². The van der Waals surface area contributed by atoms with Crippen LogP contribution in [0.1, 0.15) is 60.2 Å². The predicted octanol–water partition coefficient (Wildman–Crippen LogP) is 1.37. The van der Waals surface area contributed by atoms with Crippen LogP contribution in [0.15, 0.2) is 23.1 Å². The molecule has 0 bridgehead atoms. The largest absolute Gasteiger partial charge is 0.480 e. The van der Waals surface area contributed by atoms with Crippen LogP contribution in [0.3, 0.4) is 0 Å². The maximum Gasteiger partial charge on any atom is 0.329 e. The van der Waals surface area contributed by atoms with Gasteiger partial charge in [0.25, 0.3) is 21.8 Å². The zero-order valence-electron chi connectivity index (χ0n) is 14.5. The van der Waals surface area contributed by atoms with Crippen LogP contribution in [0.5, 0.6) is 0 Å². The molecule has 0 saturated heterocycles. The van der Waals surface area contributed by atoms with E-state index >= 15 is 0 Å². The standard InChI is InChI=1S/C17H20N2O6S/c1-10(2)19-15(21)12-6-5-11(9-13(12)26(19,24)25)14(20)18-17(16(22)23)7-3-4-8-17/h5-6,9-10H,3-4,7-8H2,1-2H3,(H,18,20)(H,22,23). The lowest BCUT2D eigenvalue weighted by Crippen LogP contribution is -2.52. The number of aliphatic carboxylic acids is 1. The number of carbonyl (C=O) groups is 3. The first kappa shape index (κ1) is 18.4. The SMILES string of the molecule is CC(C)N1C(=O)c2ccc(C(=O)NC3(C(=O)O)CCCC3)cc2S1(=O)=O. The number of carboxylic acids is 1. The van der Waals surface area contributed by atoms with Crippen molar-refractivity contribution in [3.05, 3.63) is 29.3 Å². The van der Waals surface area contributed by atoms with E-state index in [4.69, 9.17) is 0 Å². The third-order valence-corrected chi connectivity index (χ3v) is 6.90. The molecule has 1 aliphatic carbocycles. The van der Waals surface area contributed by atoms with Gasteiger partial charge in [0.15, 0.2) is 0 Å². The van der Waals surface area contributed by atoms with Crippen LogP contribution in [-0.4, -0.2) is 47.2 Å². The molecule has 9 heteroatoms. The summed E-state index contributed by atoms with van der Waals surface area (Å²) in [6.45, 7) is 3.18. The van der Waals surface area contributed by atoms with Crippen molar-refractivity contribution in [1.82, 2.24) is 9.62 Å². The van der Waals surface area contributed by atoms with Crippen molar-refractivity contribution in [2.24, 2.45) is 0 Å². The number of benzene rings is 1. The zero-order valence-corrected chi connectivity index (χ0v) is 15.3. The monoisotopic (exact) mass is 380 g/mol. The van der Waals surface area contributed by atoms with Gasteiger partial charge >= 0.3 is 5.97 Å². The maximum atomic E-state index is 12.6. The average Bonchev–Trinajstić information content (AvgIpc) is 3.10. The van der Waals surface area contributed by atoms with Crippen LogP contribution < -0.4 is 5.32 Å². The van der Waals surface area contributed by atoms with Crippen molar-refractivity contribution in [1.29, 1.82) is 0 Å². The minimum atomic E-state index is -4.02. The highest BCUT2D eigenvalue weighted by atomic mass is 32.2. The molecule has 26 heavy (non-hydrogen) atoms. The van der Waals surface area contributed by atoms with E-state index in [2.05, 4.69) is 5.32 Å². The Morgan fingerprint density at radius 1 is 1.23 bits per heavy atom. The number of hydrogen-bond acceptors (Lipinski definition) is 5. The Morgan fingerprint density at radius 3 is 2.38 bits per heavy atom. The molecule has 0 radical (unpaired) electrons. The van der Waals surface area contributed by atoms with Crippen molar-refractivity contribution in [2.45, 2.75) is 56.0 Å². The number of fused-ring (bicyclic) bond motifs is 1. The second-order valence-electron chi connectivity index (χ2n) is 6.96. The van der Waals surface area contributed by atoms with Crippen LogP contribution in [0.4, 0.5) is 0 Å². The van der Waals surface area contributed by atoms with Crippen molar-refractivity contribution in [2.75, 3.05) is 0 Å². The smallest absolute Gasteiger partial charge is 0.329 e. The molecule has 1 saturated carbocycles. The summed E-state index contributed by atoms with van der Waals surface area (Å²) in [6, 6.07) is 3.24. The number of hydrogen-bond donors (Lipinski definition) is 2. The summed E-state index contributed by atoms with van der Waals surface area (Å²) in [6.07, 6.45) is 2.06. The van der Waals surface area contributed by atoms with Crippen molar-refractivity contribution in [3.8, 4) is 0 Å². The minimum Gasteiger partial charge on any atom is -0.480 e. The van der Waals surface area contributed by atoms with Gasteiger partial charge in [0, 0.05) is 11.6 Å². The fraction of sp³-hybridized carbons (Fsp3) is 0.471. The van der Waals surface area contributed by atoms with E-state index in [1.807, 2.05) is 0 Å². The summed E-state index contributed by atoms with van der Waals surface area (Å²) in [5, 5.41) is 12.0. The summed E-state index contributed by atoms with van der Waals surface area (Å²) in [5.74, 6) is -2.39. The molecule has 2 N–H and O–H groups in total. The molecule has 1 aromatic carbocycles. The van der Waals surface area contributed by atoms with E-state index in [0.29, 0.717) is 25.7 Å². The number of nitrogens with zero attached hydrogens (tertiary/aromatic N) is 1. The quantitative estimate of drug-likeness (QED) is 0.814. The number of sulfonamides is 1. The second kappa shape index (κ2) is 6.08. The highest BCUT2D eigenvalue weighted by Gasteiger charge is 2.45. The molecule has 0 atom stereocenters. The molecule has 0 aromatic heterocycles. The first-order valence-electron chi connectivity index (χ1n) is 8.39. The molecule has 1 heterocycles. The Labute approximate surface area is 151 Å². The molecule has 1 aromatic rings. The van der Waals surface area contributed by atoms with Gasteiger partial charge in [-0.25, -0.2) is 17.5 Å². The van der Waals surface area contributed by atoms with E-state index in [0.717, 1.165) is 10.4 Å². The molecule has 1 fully saturated rings. The molecule has 0 unspecified atom stereocenters. The highest BCUT2D eigenvalue weighted by Crippen LogP contribution is 2.33. The van der Waals surface area contributed by atoms with Crippen LogP contribution in [0.25, 0.3) is 0 Å². The Kier molecular flexibility index (Phi) is 4.30.